The number of hydrogen-bond donors (Lipinski definition) is 0. The summed E-state index contributed by atoms with van der Waals surface area (Å²) in [5.74, 6) is -0.146. The highest BCUT2D eigenvalue weighted by atomic mass is 79.9. The van der Waals surface area contributed by atoms with E-state index in [1.165, 1.54) is 0 Å². The van der Waals surface area contributed by atoms with Crippen LogP contribution in [0, 0.1) is 5.41 Å². The standard InChI is InChI=1S/C7H13BrO2/c1-4-7(2,3)6(9)10-5-8/h4-5H2,1-3H3. The molecule has 0 unspecified atom stereocenters. The number of rotatable bonds is 3. The molecular formula is C7H13BrO2. The Bertz CT molecular complexity index is 121. The third kappa shape index (κ3) is 2.69. The molecule has 0 rings (SSSR count). The van der Waals surface area contributed by atoms with Crippen LogP contribution < -0.4 is 0 Å². The van der Waals surface area contributed by atoms with E-state index in [0.717, 1.165) is 6.42 Å². The van der Waals surface area contributed by atoms with Gasteiger partial charge in [-0.1, -0.05) is 6.92 Å². The van der Waals surface area contributed by atoms with E-state index >= 15 is 0 Å². The maximum atomic E-state index is 11.0. The SMILES string of the molecule is CCC(C)(C)C(=O)OCBr. The molecule has 0 heterocycles. The second kappa shape index (κ2) is 3.96. The van der Waals surface area contributed by atoms with Crippen molar-refractivity contribution in [2.24, 2.45) is 5.41 Å². The van der Waals surface area contributed by atoms with E-state index in [0.29, 0.717) is 0 Å². The molecule has 0 atom stereocenters. The van der Waals surface area contributed by atoms with Crippen molar-refractivity contribution >= 4 is 21.9 Å². The molecule has 0 radical (unpaired) electrons. The molecule has 0 N–H and O–H groups in total. The molecule has 0 amide bonds. The summed E-state index contributed by atoms with van der Waals surface area (Å²) in [4.78, 5) is 11.0. The number of carbonyl (C=O) groups is 1. The lowest BCUT2D eigenvalue weighted by Gasteiger charge is -2.18. The summed E-state index contributed by atoms with van der Waals surface area (Å²) in [5, 5.41) is 0. The van der Waals surface area contributed by atoms with E-state index in [9.17, 15) is 4.79 Å². The van der Waals surface area contributed by atoms with Crippen LogP contribution >= 0.6 is 15.9 Å². The van der Waals surface area contributed by atoms with E-state index in [4.69, 9.17) is 4.74 Å². The molecular weight excluding hydrogens is 196 g/mol. The van der Waals surface area contributed by atoms with Crippen molar-refractivity contribution in [1.82, 2.24) is 0 Å². The molecule has 0 fully saturated rings. The fourth-order valence-corrected chi connectivity index (χ4v) is 0.597. The highest BCUT2D eigenvalue weighted by Gasteiger charge is 2.26. The molecule has 0 saturated heterocycles. The van der Waals surface area contributed by atoms with Gasteiger partial charge in [-0.05, 0) is 36.2 Å². The van der Waals surface area contributed by atoms with Gasteiger partial charge in [0.05, 0.1) is 5.41 Å². The van der Waals surface area contributed by atoms with Crippen molar-refractivity contribution in [2.45, 2.75) is 27.2 Å². The van der Waals surface area contributed by atoms with Gasteiger partial charge in [-0.25, -0.2) is 0 Å². The smallest absolute Gasteiger partial charge is 0.312 e. The van der Waals surface area contributed by atoms with E-state index in [-0.39, 0.29) is 16.9 Å². The van der Waals surface area contributed by atoms with E-state index in [1.807, 2.05) is 20.8 Å². The summed E-state index contributed by atoms with van der Waals surface area (Å²) in [6.07, 6.45) is 0.804. The summed E-state index contributed by atoms with van der Waals surface area (Å²) < 4.78 is 4.78. The van der Waals surface area contributed by atoms with Gasteiger partial charge in [0.15, 0.2) is 0 Å². The predicted octanol–water partition coefficient (Wildman–Crippen LogP) is 2.32. The maximum absolute atomic E-state index is 11.0. The van der Waals surface area contributed by atoms with Crippen molar-refractivity contribution in [3.63, 3.8) is 0 Å². The molecule has 3 heteroatoms. The molecule has 0 aromatic rings. The predicted molar refractivity (Wildman–Crippen MR) is 44.0 cm³/mol. The molecule has 0 saturated carbocycles. The summed E-state index contributed by atoms with van der Waals surface area (Å²) in [6.45, 7) is 5.71. The van der Waals surface area contributed by atoms with Gasteiger partial charge in [0.1, 0.15) is 5.52 Å². The topological polar surface area (TPSA) is 26.3 Å². The molecule has 0 aliphatic heterocycles. The van der Waals surface area contributed by atoms with Crippen molar-refractivity contribution in [1.29, 1.82) is 0 Å². The molecule has 0 aromatic carbocycles. The van der Waals surface area contributed by atoms with Crippen LogP contribution in [0.25, 0.3) is 0 Å². The minimum atomic E-state index is -0.340. The molecule has 0 spiro atoms. The first-order valence-corrected chi connectivity index (χ1v) is 4.40. The van der Waals surface area contributed by atoms with Gasteiger partial charge < -0.3 is 4.74 Å². The van der Waals surface area contributed by atoms with Gasteiger partial charge in [-0.2, -0.15) is 0 Å². The Kier molecular flexibility index (Phi) is 3.94. The average molecular weight is 209 g/mol. The Morgan fingerprint density at radius 1 is 1.60 bits per heavy atom. The first-order chi connectivity index (χ1) is 4.54. The van der Waals surface area contributed by atoms with Crippen molar-refractivity contribution in [3.8, 4) is 0 Å². The highest BCUT2D eigenvalue weighted by molar-refractivity contribution is 9.09. The molecule has 0 bridgehead atoms. The lowest BCUT2D eigenvalue weighted by atomic mass is 9.91. The molecule has 0 aliphatic carbocycles. The molecule has 60 valence electrons. The lowest BCUT2D eigenvalue weighted by molar-refractivity contribution is -0.151. The quantitative estimate of drug-likeness (QED) is 0.526. The van der Waals surface area contributed by atoms with E-state index in [1.54, 1.807) is 0 Å². The van der Waals surface area contributed by atoms with Gasteiger partial charge in [0, 0.05) is 0 Å². The number of alkyl halides is 1. The molecule has 2 nitrogen and oxygen atoms in total. The minimum Gasteiger partial charge on any atom is -0.454 e. The molecule has 0 aromatic heterocycles. The number of ether oxygens (including phenoxy) is 1. The Labute approximate surface area is 70.1 Å². The summed E-state index contributed by atoms with van der Waals surface area (Å²) in [7, 11) is 0. The Morgan fingerprint density at radius 2 is 2.10 bits per heavy atom. The fourth-order valence-electron chi connectivity index (χ4n) is 0.389. The van der Waals surface area contributed by atoms with Crippen LogP contribution in [-0.4, -0.2) is 11.5 Å². The summed E-state index contributed by atoms with van der Waals surface area (Å²) >= 11 is 3.03. The second-order valence-electron chi connectivity index (χ2n) is 2.78. The largest absolute Gasteiger partial charge is 0.454 e. The molecule has 0 aliphatic rings. The number of esters is 1. The fraction of sp³-hybridized carbons (Fsp3) is 0.857. The monoisotopic (exact) mass is 208 g/mol. The van der Waals surface area contributed by atoms with Crippen molar-refractivity contribution in [3.05, 3.63) is 0 Å². The Hall–Kier alpha value is -0.0500. The van der Waals surface area contributed by atoms with Gasteiger partial charge in [0.2, 0.25) is 0 Å². The first-order valence-electron chi connectivity index (χ1n) is 3.27. The van der Waals surface area contributed by atoms with Crippen LogP contribution in [-0.2, 0) is 9.53 Å². The highest BCUT2D eigenvalue weighted by Crippen LogP contribution is 2.21. The third-order valence-electron chi connectivity index (χ3n) is 1.62. The van der Waals surface area contributed by atoms with E-state index in [2.05, 4.69) is 15.9 Å². The summed E-state index contributed by atoms with van der Waals surface area (Å²) in [5.41, 5.74) is -0.0525. The van der Waals surface area contributed by atoms with Crippen LogP contribution in [0.1, 0.15) is 27.2 Å². The third-order valence-corrected chi connectivity index (χ3v) is 1.85. The van der Waals surface area contributed by atoms with Crippen molar-refractivity contribution in [2.75, 3.05) is 5.52 Å². The van der Waals surface area contributed by atoms with Crippen LogP contribution in [0.4, 0.5) is 0 Å². The average Bonchev–Trinajstić information content (AvgIpc) is 1.89. The Balaban J connectivity index is 3.91. The van der Waals surface area contributed by atoms with Crippen molar-refractivity contribution < 1.29 is 9.53 Å². The maximum Gasteiger partial charge on any atom is 0.312 e. The first kappa shape index (κ1) is 9.95. The zero-order chi connectivity index (χ0) is 8.20. The number of hydrogen-bond acceptors (Lipinski definition) is 2. The van der Waals surface area contributed by atoms with Crippen LogP contribution in [0.3, 0.4) is 0 Å². The van der Waals surface area contributed by atoms with Crippen LogP contribution in [0.5, 0.6) is 0 Å². The van der Waals surface area contributed by atoms with Crippen LogP contribution in [0.15, 0.2) is 0 Å². The normalized spacial score (nSPS) is 11.2. The van der Waals surface area contributed by atoms with Gasteiger partial charge in [-0.3, -0.25) is 4.79 Å². The van der Waals surface area contributed by atoms with Gasteiger partial charge in [0.25, 0.3) is 0 Å². The number of carbonyl (C=O) groups excluding carboxylic acids is 1. The minimum absolute atomic E-state index is 0.146. The van der Waals surface area contributed by atoms with Gasteiger partial charge in [-0.15, -0.1) is 0 Å². The zero-order valence-corrected chi connectivity index (χ0v) is 8.19. The second-order valence-corrected chi connectivity index (χ2v) is 3.24. The van der Waals surface area contributed by atoms with Crippen LogP contribution in [0.2, 0.25) is 0 Å². The molecule has 10 heavy (non-hydrogen) atoms. The van der Waals surface area contributed by atoms with Gasteiger partial charge >= 0.3 is 5.97 Å². The zero-order valence-electron chi connectivity index (χ0n) is 6.61. The Morgan fingerprint density at radius 3 is 2.40 bits per heavy atom. The summed E-state index contributed by atoms with van der Waals surface area (Å²) in [6, 6.07) is 0. The number of halogens is 1. The van der Waals surface area contributed by atoms with E-state index < -0.39 is 0 Å². The lowest BCUT2D eigenvalue weighted by Crippen LogP contribution is -2.25.